The number of aromatic nitrogens is 8. The lowest BCUT2D eigenvalue weighted by Crippen LogP contribution is -2.36. The van der Waals surface area contributed by atoms with Crippen LogP contribution in [0.3, 0.4) is 0 Å². The summed E-state index contributed by atoms with van der Waals surface area (Å²) in [4.78, 5) is 87.4. The fourth-order valence-corrected chi connectivity index (χ4v) is 17.1. The second-order valence-electron chi connectivity index (χ2n) is 33.9. The van der Waals surface area contributed by atoms with Crippen molar-refractivity contribution < 1.29 is 46.2 Å². The van der Waals surface area contributed by atoms with Crippen LogP contribution in [-0.2, 0) is 47.8 Å². The van der Waals surface area contributed by atoms with Crippen molar-refractivity contribution in [3.8, 4) is 11.5 Å². The lowest BCUT2D eigenvalue weighted by molar-refractivity contribution is 0.0921. The van der Waals surface area contributed by atoms with E-state index >= 15 is 0 Å². The van der Waals surface area contributed by atoms with Crippen molar-refractivity contribution >= 4 is 35.0 Å². The van der Waals surface area contributed by atoms with Gasteiger partial charge >= 0.3 is 0 Å². The minimum absolute atomic E-state index is 0.0828. The molecule has 24 heteroatoms. The quantitative estimate of drug-likeness (QED) is 0.0388. The monoisotopic (exact) mass is 1670 g/mol. The number of carbonyl (C=O) groups excluding carboxylic acids is 4. The molecule has 20 nitrogen and oxygen atoms in total. The predicted octanol–water partition coefficient (Wildman–Crippen LogP) is 19.3. The average Bonchev–Trinajstić information content (AvgIpc) is 1.63. The molecule has 4 amide bonds. The van der Waals surface area contributed by atoms with Crippen LogP contribution in [-0.4, -0.2) is 63.5 Å². The molecule has 4 fully saturated rings. The van der Waals surface area contributed by atoms with Gasteiger partial charge in [0.15, 0.2) is 11.5 Å². The summed E-state index contributed by atoms with van der Waals surface area (Å²) < 4.78 is 64.9. The Bertz CT molecular complexity index is 5550. The molecule has 4 saturated carbocycles. The van der Waals surface area contributed by atoms with Gasteiger partial charge in [-0.2, -0.15) is 0 Å². The first-order valence-corrected chi connectivity index (χ1v) is 43.0. The van der Waals surface area contributed by atoms with Crippen LogP contribution in [0.5, 0.6) is 11.5 Å². The van der Waals surface area contributed by atoms with E-state index in [0.29, 0.717) is 45.4 Å². The van der Waals surface area contributed by atoms with Crippen LogP contribution in [0.25, 0.3) is 0 Å². The number of nitrogens with one attached hydrogen (secondary N) is 6. The van der Waals surface area contributed by atoms with Crippen LogP contribution in [0.1, 0.15) is 259 Å². The maximum atomic E-state index is 13.2. The summed E-state index contributed by atoms with van der Waals surface area (Å²) in [5.74, 6) is 0.523. The largest absolute Gasteiger partial charge is 0.482 e. The molecular weight excluding hydrogens is 1570 g/mol. The van der Waals surface area contributed by atoms with Crippen molar-refractivity contribution in [1.82, 2.24) is 61.1 Å². The van der Waals surface area contributed by atoms with Gasteiger partial charge in [0.05, 0.1) is 81.8 Å². The zero-order valence-corrected chi connectivity index (χ0v) is 69.8. The highest BCUT2D eigenvalue weighted by Gasteiger charge is 2.51. The highest BCUT2D eigenvalue weighted by atomic mass is 19.1. The van der Waals surface area contributed by atoms with Gasteiger partial charge in [-0.15, -0.1) is 0 Å². The SMILES string of the molecule is Cc1cccc(N[C@@H]2CCCc3nc(C4(NC(=O)c5ccc(F)cc5)CC4)ccc32)c1.Cc1cccc(N[C@H]2CCCc3nc(C4(NC(=O)c5ccc(F)cc5)CC4)ccc32)c1.Cc1ncc(O[C@@H]2CCCc3nc(C4(NC(=O)c5ccc(F)cc5)CC4)ccc32)cn1.Cc1ncc(O[C@H]2CCCc3nc(C4(NC(=O)c5ccc(F)cc5)CC4)ccc32)cn1. The van der Waals surface area contributed by atoms with E-state index in [2.05, 4.69) is 151 Å². The summed E-state index contributed by atoms with van der Waals surface area (Å²) in [7, 11) is 0. The predicted molar refractivity (Wildman–Crippen MR) is 463 cm³/mol. The zero-order chi connectivity index (χ0) is 85.7. The van der Waals surface area contributed by atoms with Gasteiger partial charge < -0.3 is 41.4 Å². The van der Waals surface area contributed by atoms with Crippen molar-refractivity contribution in [3.05, 3.63) is 355 Å². The minimum Gasteiger partial charge on any atom is -0.482 e. The van der Waals surface area contributed by atoms with E-state index in [9.17, 15) is 36.7 Å². The zero-order valence-electron chi connectivity index (χ0n) is 69.8. The Morgan fingerprint density at radius 2 is 0.597 bits per heavy atom. The highest BCUT2D eigenvalue weighted by molar-refractivity contribution is 5.97. The lowest BCUT2D eigenvalue weighted by Gasteiger charge is -2.28. The van der Waals surface area contributed by atoms with Crippen LogP contribution in [0.2, 0.25) is 0 Å². The van der Waals surface area contributed by atoms with Crippen LogP contribution in [0, 0.1) is 51.0 Å². The van der Waals surface area contributed by atoms with E-state index in [1.165, 1.54) is 119 Å². The van der Waals surface area contributed by atoms with Crippen molar-refractivity contribution in [3.63, 3.8) is 0 Å². The molecule has 0 aliphatic heterocycles. The van der Waals surface area contributed by atoms with Gasteiger partial charge in [0.1, 0.15) is 47.1 Å². The number of pyridine rings is 4. The summed E-state index contributed by atoms with van der Waals surface area (Å²) in [6.07, 6.45) is 25.3. The van der Waals surface area contributed by atoms with Gasteiger partial charge in [-0.1, -0.05) is 48.5 Å². The molecule has 0 saturated heterocycles. The maximum Gasteiger partial charge on any atom is 0.252 e. The van der Waals surface area contributed by atoms with Crippen LogP contribution in [0.4, 0.5) is 28.9 Å². The van der Waals surface area contributed by atoms with Gasteiger partial charge in [0, 0.05) is 67.5 Å². The Kier molecular flexibility index (Phi) is 24.0. The molecular formula is C100H98F4N14O6. The van der Waals surface area contributed by atoms with E-state index in [1.54, 1.807) is 24.8 Å². The molecule has 0 spiro atoms. The molecule has 8 aliphatic rings. The molecule has 8 aliphatic carbocycles. The maximum absolute atomic E-state index is 13.2. The Balaban J connectivity index is 0.000000117. The van der Waals surface area contributed by atoms with Crippen molar-refractivity contribution in [2.45, 2.75) is 203 Å². The van der Waals surface area contributed by atoms with E-state index in [4.69, 9.17) is 29.4 Å². The second-order valence-corrected chi connectivity index (χ2v) is 33.9. The van der Waals surface area contributed by atoms with Crippen molar-refractivity contribution in [1.29, 1.82) is 0 Å². The number of carbonyl (C=O) groups is 4. The number of hydrogen-bond donors (Lipinski definition) is 6. The van der Waals surface area contributed by atoms with E-state index in [0.717, 1.165) is 196 Å². The summed E-state index contributed by atoms with van der Waals surface area (Å²) in [6, 6.07) is 56.5. The van der Waals surface area contributed by atoms with Gasteiger partial charge in [0.25, 0.3) is 23.6 Å². The Morgan fingerprint density at radius 1 is 0.331 bits per heavy atom. The molecule has 124 heavy (non-hydrogen) atoms. The van der Waals surface area contributed by atoms with Crippen LogP contribution >= 0.6 is 0 Å². The fourth-order valence-electron chi connectivity index (χ4n) is 17.1. The molecule has 12 aromatic rings. The first-order valence-electron chi connectivity index (χ1n) is 43.0. The first kappa shape index (κ1) is 83.2. The number of benzene rings is 6. The van der Waals surface area contributed by atoms with E-state index in [1.807, 2.05) is 26.0 Å². The average molecular weight is 1670 g/mol. The van der Waals surface area contributed by atoms with E-state index in [-0.39, 0.29) is 71.2 Å². The molecule has 20 rings (SSSR count). The molecule has 4 atom stereocenters. The molecule has 0 bridgehead atoms. The molecule has 6 aromatic carbocycles. The van der Waals surface area contributed by atoms with Gasteiger partial charge in [0.2, 0.25) is 0 Å². The molecule has 0 unspecified atom stereocenters. The van der Waals surface area contributed by atoms with Gasteiger partial charge in [-0.3, -0.25) is 39.1 Å². The van der Waals surface area contributed by atoms with E-state index < -0.39 is 22.2 Å². The summed E-state index contributed by atoms with van der Waals surface area (Å²) in [6.45, 7) is 7.88. The molecule has 0 radical (unpaired) electrons. The molecule has 632 valence electrons. The highest BCUT2D eigenvalue weighted by Crippen LogP contribution is 2.50. The number of fused-ring (bicyclic) bond motifs is 4. The first-order chi connectivity index (χ1) is 60.1. The minimum atomic E-state index is -0.445. The number of aryl methyl sites for hydroxylation is 8. The second kappa shape index (κ2) is 35.8. The number of ether oxygens (including phenoxy) is 2. The van der Waals surface area contributed by atoms with Gasteiger partial charge in [-0.25, -0.2) is 37.5 Å². The number of anilines is 2. The Morgan fingerprint density at radius 3 is 0.871 bits per heavy atom. The lowest BCUT2D eigenvalue weighted by atomic mass is 9.90. The number of hydrogen-bond acceptors (Lipinski definition) is 16. The third-order valence-electron chi connectivity index (χ3n) is 24.6. The number of nitrogens with zero attached hydrogens (tertiary/aromatic N) is 8. The number of amides is 4. The topological polar surface area (TPSA) is 262 Å². The van der Waals surface area contributed by atoms with Crippen LogP contribution in [0.15, 0.2) is 219 Å². The smallest absolute Gasteiger partial charge is 0.252 e. The summed E-state index contributed by atoms with van der Waals surface area (Å²) >= 11 is 0. The summed E-state index contributed by atoms with van der Waals surface area (Å²) in [5, 5.41) is 19.8. The fraction of sp³-hybridized carbons (Fsp3) is 0.320. The van der Waals surface area contributed by atoms with Gasteiger partial charge in [-0.05, 0) is 324 Å². The van der Waals surface area contributed by atoms with Crippen LogP contribution < -0.4 is 41.4 Å². The standard InChI is InChI=1S/2C26H26FN3O.2C24H23FN4O2/c2*1-17-4-2-5-20(16-17)28-22-6-3-7-23-21(22)12-13-24(29-23)26(14-15-26)30-25(31)18-8-10-19(27)11-9-18;2*1-15-26-13-18(14-27-15)31-21-4-2-3-20-19(21)9-10-22(28-20)24(11-12-24)29-23(30)16-5-7-17(25)8-6-16/h2*2,4-5,8-13,16,22,28H,3,6-7,14-15H2,1H3,(H,30,31);2*5-10,13-14,21H,2-4,11-12H2,1H3,(H,29,30)/t2*22-;2*21-/m1010/s1. The normalized spacial score (nSPS) is 18.7. The Labute approximate surface area is 718 Å². The van der Waals surface area contributed by atoms with Crippen molar-refractivity contribution in [2.75, 3.05) is 10.6 Å². The number of halogens is 4. The third-order valence-corrected chi connectivity index (χ3v) is 24.6. The molecule has 6 N–H and O–H groups in total. The third kappa shape index (κ3) is 19.5. The Hall–Kier alpha value is -13.1. The molecule has 6 aromatic heterocycles. The summed E-state index contributed by atoms with van der Waals surface area (Å²) in [5.41, 5.74) is 17.4. The van der Waals surface area contributed by atoms with Crippen molar-refractivity contribution in [2.24, 2.45) is 0 Å². The number of rotatable bonds is 20. The molecule has 6 heterocycles.